The van der Waals surface area contributed by atoms with Gasteiger partial charge in [-0.2, -0.15) is 0 Å². The van der Waals surface area contributed by atoms with E-state index in [4.69, 9.17) is 5.73 Å². The summed E-state index contributed by atoms with van der Waals surface area (Å²) in [5, 5.41) is 7.36. The minimum atomic E-state index is -0.952. The number of amides is 2. The Morgan fingerprint density at radius 3 is 2.35 bits per heavy atom. The SMILES string of the molecule is NC1CC(=O)NCC(=O)NCC([C-]=O)NCC1=O.[SH-].[Y]. The second-order valence-electron chi connectivity index (χ2n) is 3.91. The third-order valence-corrected chi connectivity index (χ3v) is 2.43. The summed E-state index contributed by atoms with van der Waals surface area (Å²) in [6, 6.07) is -1.73. The molecule has 2 amide bonds. The van der Waals surface area contributed by atoms with Crippen molar-refractivity contribution in [1.29, 1.82) is 0 Å². The number of nitrogens with one attached hydrogen (secondary N) is 3. The van der Waals surface area contributed by atoms with Crippen LogP contribution in [0, 0.1) is 0 Å². The van der Waals surface area contributed by atoms with E-state index in [2.05, 4.69) is 16.0 Å². The fraction of sp³-hybridized carbons (Fsp3) is 0.600. The number of hydrogen-bond acceptors (Lipinski definition) is 7. The number of carbonyl (C=O) groups is 3. The molecule has 1 heterocycles. The molecule has 0 saturated carbocycles. The van der Waals surface area contributed by atoms with E-state index in [1.165, 1.54) is 0 Å². The Balaban J connectivity index is 0. The monoisotopic (exact) mass is 377 g/mol. The van der Waals surface area contributed by atoms with Crippen molar-refractivity contribution < 1.29 is 51.9 Å². The van der Waals surface area contributed by atoms with E-state index >= 15 is 0 Å². The normalized spacial score (nSPS) is 24.8. The molecule has 5 N–H and O–H groups in total. The fourth-order valence-electron chi connectivity index (χ4n) is 1.35. The number of ketones is 1. The summed E-state index contributed by atoms with van der Waals surface area (Å²) in [7, 11) is 0. The van der Waals surface area contributed by atoms with Gasteiger partial charge in [0.25, 0.3) is 0 Å². The van der Waals surface area contributed by atoms with E-state index in [-0.39, 0.29) is 78.0 Å². The van der Waals surface area contributed by atoms with E-state index in [1.807, 2.05) is 0 Å². The Labute approximate surface area is 148 Å². The first-order chi connectivity index (χ1) is 8.52. The molecular weight excluding hydrogens is 361 g/mol. The number of nitrogens with two attached hydrogens (primary N) is 1. The molecule has 10 heteroatoms. The van der Waals surface area contributed by atoms with Gasteiger partial charge < -0.3 is 40.0 Å². The van der Waals surface area contributed by atoms with Crippen LogP contribution in [-0.2, 0) is 65.4 Å². The van der Waals surface area contributed by atoms with Crippen LogP contribution in [-0.4, -0.2) is 55.6 Å². The smallest absolute Gasteiger partial charge is 0.239 e. The van der Waals surface area contributed by atoms with Gasteiger partial charge in [-0.05, 0) is 0 Å². The molecule has 20 heavy (non-hydrogen) atoms. The number of rotatable bonds is 1. The molecule has 0 spiro atoms. The average molecular weight is 377 g/mol. The maximum atomic E-state index is 11.5. The predicted octanol–water partition coefficient (Wildman–Crippen LogP) is -3.69. The van der Waals surface area contributed by atoms with E-state index < -0.39 is 23.9 Å². The minimum absolute atomic E-state index is 0. The van der Waals surface area contributed by atoms with Crippen molar-refractivity contribution in [2.24, 2.45) is 5.73 Å². The molecule has 2 unspecified atom stereocenters. The van der Waals surface area contributed by atoms with Crippen molar-refractivity contribution in [2.45, 2.75) is 18.5 Å². The van der Waals surface area contributed by atoms with Gasteiger partial charge in [0.15, 0.2) is 5.78 Å². The zero-order valence-corrected chi connectivity index (χ0v) is 14.5. The van der Waals surface area contributed by atoms with Gasteiger partial charge in [-0.25, -0.2) is 6.29 Å². The van der Waals surface area contributed by atoms with Crippen molar-refractivity contribution >= 4 is 37.4 Å². The molecule has 0 aromatic rings. The van der Waals surface area contributed by atoms with E-state index in [0.717, 1.165) is 0 Å². The van der Waals surface area contributed by atoms with Crippen LogP contribution in [0.1, 0.15) is 6.42 Å². The summed E-state index contributed by atoms with van der Waals surface area (Å²) in [6.07, 6.45) is 1.47. The van der Waals surface area contributed by atoms with Gasteiger partial charge >= 0.3 is 0 Å². The molecule has 0 aromatic heterocycles. The van der Waals surface area contributed by atoms with Gasteiger partial charge in [-0.3, -0.25) is 14.4 Å². The third kappa shape index (κ3) is 8.06. The van der Waals surface area contributed by atoms with Crippen LogP contribution in [0.15, 0.2) is 0 Å². The van der Waals surface area contributed by atoms with Crippen molar-refractivity contribution in [2.75, 3.05) is 19.6 Å². The van der Waals surface area contributed by atoms with Crippen molar-refractivity contribution in [1.82, 2.24) is 16.0 Å². The predicted molar refractivity (Wildman–Crippen MR) is 69.9 cm³/mol. The molecule has 1 aliphatic rings. The quantitative estimate of drug-likeness (QED) is 0.210. The summed E-state index contributed by atoms with van der Waals surface area (Å²) in [5.74, 6) is -1.27. The molecule has 0 aliphatic carbocycles. The Morgan fingerprint density at radius 2 is 1.75 bits per heavy atom. The maximum Gasteiger partial charge on any atom is 0.239 e. The number of Topliss-reactive ketones (excluding diaryl/α,β-unsaturated/α-hetero) is 1. The van der Waals surface area contributed by atoms with Gasteiger partial charge in [0.1, 0.15) is 0 Å². The van der Waals surface area contributed by atoms with Gasteiger partial charge in [0, 0.05) is 45.7 Å². The van der Waals surface area contributed by atoms with Gasteiger partial charge in [0.2, 0.25) is 11.8 Å². The second kappa shape index (κ2) is 11.3. The number of carbonyl (C=O) groups excluding carboxylic acids is 4. The van der Waals surface area contributed by atoms with Crippen LogP contribution in [0.25, 0.3) is 0 Å². The fourth-order valence-corrected chi connectivity index (χ4v) is 1.35. The molecule has 1 rings (SSSR count). The first-order valence-electron chi connectivity index (χ1n) is 5.45. The second-order valence-corrected chi connectivity index (χ2v) is 3.91. The maximum absolute atomic E-state index is 11.5. The molecule has 1 radical (unpaired) electrons. The molecule has 2 atom stereocenters. The van der Waals surface area contributed by atoms with Crippen LogP contribution in [0.3, 0.4) is 0 Å². The minimum Gasteiger partial charge on any atom is -0.813 e. The van der Waals surface area contributed by atoms with E-state index in [1.54, 1.807) is 6.29 Å². The van der Waals surface area contributed by atoms with Crippen LogP contribution in [0.5, 0.6) is 0 Å². The summed E-state index contributed by atoms with van der Waals surface area (Å²) in [4.78, 5) is 44.7. The Hall–Kier alpha value is -0.346. The van der Waals surface area contributed by atoms with Crippen molar-refractivity contribution in [3.8, 4) is 0 Å². The first kappa shape index (κ1) is 21.9. The summed E-state index contributed by atoms with van der Waals surface area (Å²) in [5.41, 5.74) is 5.52. The van der Waals surface area contributed by atoms with Crippen LogP contribution >= 0.6 is 0 Å². The average Bonchev–Trinajstić information content (AvgIpc) is 2.34. The Bertz CT molecular complexity index is 369. The number of thiol groups is 1. The molecule has 0 aromatic carbocycles. The summed E-state index contributed by atoms with van der Waals surface area (Å²) in [6.45, 7) is -0.365. The summed E-state index contributed by atoms with van der Waals surface area (Å²) >= 11 is 0. The first-order valence-corrected chi connectivity index (χ1v) is 5.45. The Morgan fingerprint density at radius 1 is 1.10 bits per heavy atom. The van der Waals surface area contributed by atoms with Crippen LogP contribution in [0.4, 0.5) is 0 Å². The van der Waals surface area contributed by atoms with Gasteiger partial charge in [-0.1, -0.05) is 6.04 Å². The van der Waals surface area contributed by atoms with E-state index in [0.29, 0.717) is 0 Å². The van der Waals surface area contributed by atoms with Gasteiger partial charge in [0.05, 0.1) is 19.1 Å². The zero-order valence-electron chi connectivity index (χ0n) is 10.7. The van der Waals surface area contributed by atoms with E-state index in [9.17, 15) is 19.2 Å². The third-order valence-electron chi connectivity index (χ3n) is 2.43. The van der Waals surface area contributed by atoms with Crippen LogP contribution in [0.2, 0.25) is 0 Å². The Kier molecular flexibility index (Phi) is 12.4. The topological polar surface area (TPSA) is 130 Å². The zero-order chi connectivity index (χ0) is 13.5. The molecule has 1 aliphatic heterocycles. The van der Waals surface area contributed by atoms with Crippen molar-refractivity contribution in [3.63, 3.8) is 0 Å². The molecule has 1 saturated heterocycles. The molecule has 8 nitrogen and oxygen atoms in total. The van der Waals surface area contributed by atoms with Gasteiger partial charge in [-0.15, -0.1) is 0 Å². The standard InChI is InChI=1S/C10H15N4O4.H2S.Y/c11-7-1-9(17)14-4-10(18)13-2-6(5-15)12-3-8(7)16;;/h6-7,12H,1-4,11H2,(H,13,18)(H,14,17);1H2;/q-1;;/p-1. The number of hydrogen-bond donors (Lipinski definition) is 4. The molecular formula is C10H16N4O4SY-2. The van der Waals surface area contributed by atoms with Crippen LogP contribution < -0.4 is 21.7 Å². The summed E-state index contributed by atoms with van der Waals surface area (Å²) < 4.78 is 0. The molecule has 0 bridgehead atoms. The van der Waals surface area contributed by atoms with Crippen molar-refractivity contribution in [3.05, 3.63) is 0 Å². The molecule has 1 fully saturated rings. The largest absolute Gasteiger partial charge is 0.813 e. The molecule has 111 valence electrons.